The molecule has 1 aromatic heterocycles. The monoisotopic (exact) mass is 399 g/mol. The molecule has 1 fully saturated rings. The quantitative estimate of drug-likeness (QED) is 0.637. The van der Waals surface area contributed by atoms with Crippen molar-refractivity contribution < 1.29 is 4.74 Å². The van der Waals surface area contributed by atoms with Gasteiger partial charge in [-0.3, -0.25) is 4.90 Å². The van der Waals surface area contributed by atoms with Gasteiger partial charge >= 0.3 is 0 Å². The van der Waals surface area contributed by atoms with E-state index in [2.05, 4.69) is 44.4 Å². The predicted octanol–water partition coefficient (Wildman–Crippen LogP) is 3.20. The molecular formula is C21H26ClN5O. The lowest BCUT2D eigenvalue weighted by Crippen LogP contribution is -2.47. The van der Waals surface area contributed by atoms with Gasteiger partial charge in [0.2, 0.25) is 0 Å². The molecule has 1 saturated heterocycles. The van der Waals surface area contributed by atoms with Crippen molar-refractivity contribution in [2.75, 3.05) is 44.7 Å². The number of ether oxygens (including phenoxy) is 1. The highest BCUT2D eigenvalue weighted by molar-refractivity contribution is 5.85. The van der Waals surface area contributed by atoms with E-state index in [1.54, 1.807) is 7.11 Å². The molecule has 0 saturated carbocycles. The molecular weight excluding hydrogens is 374 g/mol. The maximum Gasteiger partial charge on any atom is 0.142 e. The number of hydrogen-bond donors (Lipinski definition) is 0. The van der Waals surface area contributed by atoms with Crippen LogP contribution in [0.5, 0.6) is 5.75 Å². The van der Waals surface area contributed by atoms with Crippen LogP contribution in [0.2, 0.25) is 0 Å². The molecule has 28 heavy (non-hydrogen) atoms. The average molecular weight is 400 g/mol. The van der Waals surface area contributed by atoms with Crippen molar-refractivity contribution in [1.82, 2.24) is 19.9 Å². The summed E-state index contributed by atoms with van der Waals surface area (Å²) in [6, 6.07) is 18.6. The Balaban J connectivity index is 0.00000225. The molecule has 0 radical (unpaired) electrons. The van der Waals surface area contributed by atoms with Crippen LogP contribution in [0.25, 0.3) is 11.3 Å². The van der Waals surface area contributed by atoms with Gasteiger partial charge in [0, 0.05) is 38.3 Å². The van der Waals surface area contributed by atoms with E-state index in [9.17, 15) is 0 Å². The summed E-state index contributed by atoms with van der Waals surface area (Å²) < 4.78 is 7.51. The van der Waals surface area contributed by atoms with Gasteiger partial charge in [-0.25, -0.2) is 4.68 Å². The molecule has 0 atom stereocenters. The fourth-order valence-corrected chi connectivity index (χ4v) is 3.59. The molecule has 0 spiro atoms. The van der Waals surface area contributed by atoms with Gasteiger partial charge in [-0.15, -0.1) is 17.5 Å². The molecule has 0 unspecified atom stereocenters. The third-order valence-corrected chi connectivity index (χ3v) is 5.11. The van der Waals surface area contributed by atoms with E-state index in [1.807, 2.05) is 41.2 Å². The van der Waals surface area contributed by atoms with Crippen molar-refractivity contribution in [2.45, 2.75) is 6.54 Å². The van der Waals surface area contributed by atoms with E-state index in [0.717, 1.165) is 56.3 Å². The topological polar surface area (TPSA) is 46.4 Å². The number of rotatable bonds is 6. The van der Waals surface area contributed by atoms with Gasteiger partial charge in [0.15, 0.2) is 0 Å². The molecule has 2 aromatic carbocycles. The fourth-order valence-electron chi connectivity index (χ4n) is 3.59. The van der Waals surface area contributed by atoms with Gasteiger partial charge in [-0.1, -0.05) is 47.7 Å². The predicted molar refractivity (Wildman–Crippen MR) is 114 cm³/mol. The maximum absolute atomic E-state index is 5.50. The molecule has 1 aliphatic heterocycles. The highest BCUT2D eigenvalue weighted by Crippen LogP contribution is 2.28. The van der Waals surface area contributed by atoms with Crippen LogP contribution >= 0.6 is 12.4 Å². The second-order valence-electron chi connectivity index (χ2n) is 6.71. The summed E-state index contributed by atoms with van der Waals surface area (Å²) in [4.78, 5) is 4.89. The molecule has 148 valence electrons. The Bertz CT molecular complexity index is 862. The van der Waals surface area contributed by atoms with Crippen molar-refractivity contribution in [2.24, 2.45) is 0 Å². The van der Waals surface area contributed by atoms with E-state index in [4.69, 9.17) is 4.74 Å². The Hall–Kier alpha value is -2.57. The summed E-state index contributed by atoms with van der Waals surface area (Å²) in [6.07, 6.45) is 1.84. The summed E-state index contributed by atoms with van der Waals surface area (Å²) in [5.41, 5.74) is 3.41. The zero-order chi connectivity index (χ0) is 18.5. The molecule has 0 aliphatic carbocycles. The minimum Gasteiger partial charge on any atom is -0.495 e. The summed E-state index contributed by atoms with van der Waals surface area (Å²) in [7, 11) is 1.73. The van der Waals surface area contributed by atoms with Gasteiger partial charge < -0.3 is 9.64 Å². The van der Waals surface area contributed by atoms with Gasteiger partial charge in [-0.2, -0.15) is 0 Å². The van der Waals surface area contributed by atoms with Crippen LogP contribution in [-0.2, 0) is 6.54 Å². The molecule has 2 heterocycles. The lowest BCUT2D eigenvalue weighted by Gasteiger charge is -2.36. The molecule has 1 aliphatic rings. The molecule has 7 heteroatoms. The number of hydrogen-bond acceptors (Lipinski definition) is 5. The van der Waals surface area contributed by atoms with Crippen molar-refractivity contribution in [3.63, 3.8) is 0 Å². The first kappa shape index (κ1) is 20.2. The van der Waals surface area contributed by atoms with Crippen LogP contribution < -0.4 is 9.64 Å². The number of halogens is 1. The molecule has 3 aromatic rings. The van der Waals surface area contributed by atoms with Crippen LogP contribution in [0.3, 0.4) is 0 Å². The summed E-state index contributed by atoms with van der Waals surface area (Å²) in [6.45, 7) is 5.90. The maximum atomic E-state index is 5.50. The Morgan fingerprint density at radius 3 is 2.36 bits per heavy atom. The van der Waals surface area contributed by atoms with Crippen molar-refractivity contribution >= 4 is 18.1 Å². The second-order valence-corrected chi connectivity index (χ2v) is 6.71. The number of nitrogens with zero attached hydrogens (tertiary/aromatic N) is 5. The van der Waals surface area contributed by atoms with E-state index < -0.39 is 0 Å². The number of benzene rings is 2. The molecule has 4 rings (SSSR count). The smallest absolute Gasteiger partial charge is 0.142 e. The summed E-state index contributed by atoms with van der Waals surface area (Å²) >= 11 is 0. The molecule has 0 bridgehead atoms. The van der Waals surface area contributed by atoms with E-state index in [1.165, 1.54) is 5.69 Å². The minimum absolute atomic E-state index is 0. The van der Waals surface area contributed by atoms with Gasteiger partial charge in [0.1, 0.15) is 5.75 Å². The van der Waals surface area contributed by atoms with Crippen LogP contribution in [0.15, 0.2) is 60.8 Å². The zero-order valence-electron chi connectivity index (χ0n) is 16.1. The number of piperazine rings is 1. The first-order chi connectivity index (χ1) is 13.3. The van der Waals surface area contributed by atoms with E-state index in [0.29, 0.717) is 0 Å². The zero-order valence-corrected chi connectivity index (χ0v) is 16.9. The first-order valence-corrected chi connectivity index (χ1v) is 9.39. The highest BCUT2D eigenvalue weighted by Gasteiger charge is 2.19. The third kappa shape index (κ3) is 4.46. The van der Waals surface area contributed by atoms with Crippen molar-refractivity contribution in [1.29, 1.82) is 0 Å². The van der Waals surface area contributed by atoms with E-state index >= 15 is 0 Å². The molecule has 6 nitrogen and oxygen atoms in total. The molecule has 0 amide bonds. The van der Waals surface area contributed by atoms with Crippen LogP contribution in [0.4, 0.5) is 5.69 Å². The summed E-state index contributed by atoms with van der Waals surface area (Å²) in [5, 5.41) is 8.38. The van der Waals surface area contributed by atoms with E-state index in [-0.39, 0.29) is 12.4 Å². The van der Waals surface area contributed by atoms with Crippen molar-refractivity contribution in [3.05, 3.63) is 60.8 Å². The number of methoxy groups -OCH3 is 1. The average Bonchev–Trinajstić information content (AvgIpc) is 3.22. The Labute approximate surface area is 172 Å². The standard InChI is InChI=1S/C21H25N5O.ClH/c1-27-21-10-6-5-9-19(21)25-14-11-24(12-15-25)13-16-26-20(17-22-23-26)18-7-3-2-4-8-18;/h2-10,17H,11-16H2,1H3;1H. The van der Waals surface area contributed by atoms with Gasteiger partial charge in [0.25, 0.3) is 0 Å². The third-order valence-electron chi connectivity index (χ3n) is 5.11. The lowest BCUT2D eigenvalue weighted by atomic mass is 10.2. The second kappa shape index (κ2) is 9.57. The van der Waals surface area contributed by atoms with Crippen LogP contribution in [0.1, 0.15) is 0 Å². The summed E-state index contributed by atoms with van der Waals surface area (Å²) in [5.74, 6) is 0.945. The number of para-hydroxylation sites is 2. The van der Waals surface area contributed by atoms with Crippen molar-refractivity contribution in [3.8, 4) is 17.0 Å². The highest BCUT2D eigenvalue weighted by atomic mass is 35.5. The van der Waals surface area contributed by atoms with Crippen LogP contribution in [0, 0.1) is 0 Å². The SMILES string of the molecule is COc1ccccc1N1CCN(CCn2nncc2-c2ccccc2)CC1.Cl. The van der Waals surface area contributed by atoms with Crippen LogP contribution in [-0.4, -0.2) is 59.7 Å². The Kier molecular flexibility index (Phi) is 6.90. The first-order valence-electron chi connectivity index (χ1n) is 9.39. The van der Waals surface area contributed by atoms with Gasteiger partial charge in [0.05, 0.1) is 31.2 Å². The minimum atomic E-state index is 0. The number of anilines is 1. The fraction of sp³-hybridized carbons (Fsp3) is 0.333. The largest absolute Gasteiger partial charge is 0.495 e. The van der Waals surface area contributed by atoms with Gasteiger partial charge in [-0.05, 0) is 12.1 Å². The Morgan fingerprint density at radius 1 is 0.893 bits per heavy atom. The lowest BCUT2D eigenvalue weighted by molar-refractivity contribution is 0.243. The number of aromatic nitrogens is 3. The normalized spacial score (nSPS) is 14.5. The Morgan fingerprint density at radius 2 is 1.61 bits per heavy atom. The molecule has 0 N–H and O–H groups in total.